The summed E-state index contributed by atoms with van der Waals surface area (Å²) in [6, 6.07) is 7.83. The van der Waals surface area contributed by atoms with Crippen LogP contribution in [0.15, 0.2) is 24.3 Å². The summed E-state index contributed by atoms with van der Waals surface area (Å²) in [5.74, 6) is 0.401. The van der Waals surface area contributed by atoms with Crippen LogP contribution in [0.5, 0.6) is 0 Å². The molecule has 1 unspecified atom stereocenters. The number of aldehydes is 1. The van der Waals surface area contributed by atoms with Crippen LogP contribution in [0.3, 0.4) is 0 Å². The van der Waals surface area contributed by atoms with Gasteiger partial charge in [-0.1, -0.05) is 48.9 Å². The summed E-state index contributed by atoms with van der Waals surface area (Å²) in [7, 11) is 0. The van der Waals surface area contributed by atoms with Gasteiger partial charge in [-0.15, -0.1) is 0 Å². The highest BCUT2D eigenvalue weighted by molar-refractivity contribution is 7.17. The monoisotopic (exact) mass is 364 g/mol. The largest absolute Gasteiger partial charge is 0.378 e. The second-order valence-electron chi connectivity index (χ2n) is 6.24. The number of morpholine rings is 1. The maximum atomic E-state index is 11.6. The molecule has 4 nitrogen and oxygen atoms in total. The number of halogens is 1. The van der Waals surface area contributed by atoms with Crippen LogP contribution in [0.2, 0.25) is 5.02 Å². The van der Waals surface area contributed by atoms with Crippen LogP contribution in [-0.2, 0) is 4.74 Å². The first-order valence-corrected chi connectivity index (χ1v) is 9.33. The Morgan fingerprint density at radius 3 is 2.50 bits per heavy atom. The molecule has 0 N–H and O–H groups in total. The van der Waals surface area contributed by atoms with E-state index in [1.165, 1.54) is 11.3 Å². The van der Waals surface area contributed by atoms with Crippen LogP contribution in [0.25, 0.3) is 0 Å². The fraction of sp³-hybridized carbons (Fsp3) is 0.444. The Kier molecular flexibility index (Phi) is 5.54. The Balaban J connectivity index is 1.99. The van der Waals surface area contributed by atoms with Gasteiger partial charge >= 0.3 is 0 Å². The molecule has 6 heteroatoms. The third-order valence-electron chi connectivity index (χ3n) is 4.25. The summed E-state index contributed by atoms with van der Waals surface area (Å²) in [6.45, 7) is 7.35. The molecule has 1 saturated heterocycles. The first-order valence-electron chi connectivity index (χ1n) is 8.14. The summed E-state index contributed by atoms with van der Waals surface area (Å²) < 4.78 is 5.40. The molecule has 0 amide bonds. The van der Waals surface area contributed by atoms with Gasteiger partial charge in [-0.2, -0.15) is 0 Å². The lowest BCUT2D eigenvalue weighted by Crippen LogP contribution is -2.36. The standard InChI is InChI=1S/C18H21ClN2O2S/c1-12(2)16(13-3-5-14(19)6-4-13)17-15(11-22)24-18(20-17)21-7-9-23-10-8-21/h3-6,11-12,16H,7-10H2,1-2H3. The molecule has 2 aromatic rings. The molecule has 128 valence electrons. The predicted octanol–water partition coefficient (Wildman–Crippen LogP) is 4.23. The van der Waals surface area contributed by atoms with Crippen molar-refractivity contribution in [2.45, 2.75) is 19.8 Å². The van der Waals surface area contributed by atoms with E-state index in [-0.39, 0.29) is 5.92 Å². The van der Waals surface area contributed by atoms with Gasteiger partial charge in [0.05, 0.1) is 23.8 Å². The van der Waals surface area contributed by atoms with E-state index in [2.05, 4.69) is 18.7 Å². The summed E-state index contributed by atoms with van der Waals surface area (Å²) in [5, 5.41) is 1.62. The van der Waals surface area contributed by atoms with Crippen molar-refractivity contribution < 1.29 is 9.53 Å². The summed E-state index contributed by atoms with van der Waals surface area (Å²) in [4.78, 5) is 19.4. The van der Waals surface area contributed by atoms with Gasteiger partial charge < -0.3 is 9.64 Å². The number of benzene rings is 1. The lowest BCUT2D eigenvalue weighted by Gasteiger charge is -2.26. The second kappa shape index (κ2) is 7.64. The number of nitrogens with zero attached hydrogens (tertiary/aromatic N) is 2. The van der Waals surface area contributed by atoms with Gasteiger partial charge in [0.25, 0.3) is 0 Å². The number of thiazole rings is 1. The van der Waals surface area contributed by atoms with Gasteiger partial charge in [0, 0.05) is 24.0 Å². The van der Waals surface area contributed by atoms with Crippen LogP contribution < -0.4 is 4.90 Å². The number of aromatic nitrogens is 1. The highest BCUT2D eigenvalue weighted by Crippen LogP contribution is 2.38. The Bertz CT molecular complexity index is 694. The molecule has 1 fully saturated rings. The maximum Gasteiger partial charge on any atom is 0.186 e. The summed E-state index contributed by atoms with van der Waals surface area (Å²) in [6.07, 6.45) is 0.933. The van der Waals surface area contributed by atoms with Crippen LogP contribution in [-0.4, -0.2) is 37.6 Å². The van der Waals surface area contributed by atoms with Gasteiger partial charge in [0.1, 0.15) is 0 Å². The van der Waals surface area contributed by atoms with Crippen molar-refractivity contribution in [2.75, 3.05) is 31.2 Å². The van der Waals surface area contributed by atoms with Crippen LogP contribution >= 0.6 is 22.9 Å². The van der Waals surface area contributed by atoms with E-state index in [1.54, 1.807) is 0 Å². The Morgan fingerprint density at radius 2 is 1.92 bits per heavy atom. The maximum absolute atomic E-state index is 11.6. The smallest absolute Gasteiger partial charge is 0.186 e. The minimum atomic E-state index is 0.0773. The minimum absolute atomic E-state index is 0.0773. The molecule has 0 bridgehead atoms. The molecule has 3 rings (SSSR count). The van der Waals surface area contributed by atoms with E-state index in [1.807, 2.05) is 24.3 Å². The molecule has 24 heavy (non-hydrogen) atoms. The third-order valence-corrected chi connectivity index (χ3v) is 5.56. The molecule has 1 atom stereocenters. The second-order valence-corrected chi connectivity index (χ2v) is 7.68. The quantitative estimate of drug-likeness (QED) is 0.744. The van der Waals surface area contributed by atoms with Crippen LogP contribution in [0, 0.1) is 5.92 Å². The van der Waals surface area contributed by atoms with E-state index in [0.29, 0.717) is 29.0 Å². The number of carbonyl (C=O) groups is 1. The van der Waals surface area contributed by atoms with Crippen molar-refractivity contribution in [1.29, 1.82) is 0 Å². The van der Waals surface area contributed by atoms with Gasteiger partial charge in [-0.3, -0.25) is 4.79 Å². The Hall–Kier alpha value is -1.43. The normalized spacial score (nSPS) is 16.4. The molecular weight excluding hydrogens is 344 g/mol. The van der Waals surface area contributed by atoms with Crippen LogP contribution in [0.1, 0.15) is 40.7 Å². The van der Waals surface area contributed by atoms with Crippen molar-refractivity contribution >= 4 is 34.4 Å². The molecule has 1 aliphatic heterocycles. The van der Waals surface area contributed by atoms with Crippen molar-refractivity contribution in [3.05, 3.63) is 45.4 Å². The SMILES string of the molecule is CC(C)C(c1ccc(Cl)cc1)c1nc(N2CCOCC2)sc1C=O. The van der Waals surface area contributed by atoms with E-state index < -0.39 is 0 Å². The molecule has 0 radical (unpaired) electrons. The van der Waals surface area contributed by atoms with Gasteiger partial charge in [-0.05, 0) is 23.6 Å². The number of hydrogen-bond acceptors (Lipinski definition) is 5. The number of hydrogen-bond donors (Lipinski definition) is 0. The van der Waals surface area contributed by atoms with E-state index in [9.17, 15) is 4.79 Å². The molecule has 1 aliphatic rings. The van der Waals surface area contributed by atoms with Crippen molar-refractivity contribution in [1.82, 2.24) is 4.98 Å². The molecule has 1 aromatic heterocycles. The lowest BCUT2D eigenvalue weighted by molar-refractivity contribution is 0.112. The predicted molar refractivity (Wildman–Crippen MR) is 98.7 cm³/mol. The number of anilines is 1. The topological polar surface area (TPSA) is 42.4 Å². The summed E-state index contributed by atoms with van der Waals surface area (Å²) in [5.41, 5.74) is 2.00. The average molecular weight is 365 g/mol. The number of carbonyl (C=O) groups excluding carboxylic acids is 1. The first kappa shape index (κ1) is 17.4. The highest BCUT2D eigenvalue weighted by atomic mass is 35.5. The molecule has 2 heterocycles. The van der Waals surface area contributed by atoms with Gasteiger partial charge in [0.15, 0.2) is 11.4 Å². The Labute approximate surface area is 151 Å². The highest BCUT2D eigenvalue weighted by Gasteiger charge is 2.27. The van der Waals surface area contributed by atoms with E-state index in [0.717, 1.165) is 35.8 Å². The Morgan fingerprint density at radius 1 is 1.25 bits per heavy atom. The van der Waals surface area contributed by atoms with Crippen molar-refractivity contribution in [2.24, 2.45) is 5.92 Å². The molecule has 0 aliphatic carbocycles. The van der Waals surface area contributed by atoms with Crippen LogP contribution in [0.4, 0.5) is 5.13 Å². The molecule has 0 saturated carbocycles. The zero-order valence-electron chi connectivity index (χ0n) is 13.9. The molecular formula is C18H21ClN2O2S. The number of ether oxygens (including phenoxy) is 1. The molecule has 0 spiro atoms. The number of rotatable bonds is 5. The molecule has 1 aromatic carbocycles. The first-order chi connectivity index (χ1) is 11.6. The summed E-state index contributed by atoms with van der Waals surface area (Å²) >= 11 is 7.49. The third kappa shape index (κ3) is 3.63. The van der Waals surface area contributed by atoms with E-state index >= 15 is 0 Å². The van der Waals surface area contributed by atoms with Gasteiger partial charge in [-0.25, -0.2) is 4.98 Å². The fourth-order valence-electron chi connectivity index (χ4n) is 3.06. The van der Waals surface area contributed by atoms with E-state index in [4.69, 9.17) is 21.3 Å². The van der Waals surface area contributed by atoms with Gasteiger partial charge in [0.2, 0.25) is 0 Å². The minimum Gasteiger partial charge on any atom is -0.378 e. The van der Waals surface area contributed by atoms with Crippen molar-refractivity contribution in [3.8, 4) is 0 Å². The lowest BCUT2D eigenvalue weighted by atomic mass is 9.85. The zero-order valence-corrected chi connectivity index (χ0v) is 15.4. The van der Waals surface area contributed by atoms with Crippen molar-refractivity contribution in [3.63, 3.8) is 0 Å². The average Bonchev–Trinajstić information content (AvgIpc) is 3.01. The zero-order chi connectivity index (χ0) is 17.1. The fourth-order valence-corrected chi connectivity index (χ4v) is 4.16.